The van der Waals surface area contributed by atoms with Crippen LogP contribution in [0.25, 0.3) is 11.0 Å². The SMILES string of the molecule is CCc1cc(=O)oc2cc(C)cc(OCC(=O)NCC(=O)NCC(=O)[O-])c12. The molecule has 0 aliphatic carbocycles. The number of rotatable bonds is 8. The Morgan fingerprint density at radius 3 is 2.48 bits per heavy atom. The van der Waals surface area contributed by atoms with Crippen LogP contribution >= 0.6 is 0 Å². The summed E-state index contributed by atoms with van der Waals surface area (Å²) < 4.78 is 10.8. The molecule has 0 saturated carbocycles. The van der Waals surface area contributed by atoms with Crippen LogP contribution in [0.3, 0.4) is 0 Å². The van der Waals surface area contributed by atoms with Gasteiger partial charge in [0.25, 0.3) is 5.91 Å². The second kappa shape index (κ2) is 8.84. The molecule has 1 aromatic heterocycles. The lowest BCUT2D eigenvalue weighted by Gasteiger charge is -2.12. The van der Waals surface area contributed by atoms with Crippen molar-refractivity contribution in [2.24, 2.45) is 0 Å². The van der Waals surface area contributed by atoms with Crippen molar-refractivity contribution in [2.75, 3.05) is 19.7 Å². The highest BCUT2D eigenvalue weighted by atomic mass is 16.5. The van der Waals surface area contributed by atoms with Crippen LogP contribution in [0.15, 0.2) is 27.4 Å². The Bertz CT molecular complexity index is 933. The first-order valence-electron chi connectivity index (χ1n) is 8.23. The zero-order chi connectivity index (χ0) is 20.0. The van der Waals surface area contributed by atoms with Crippen LogP contribution in [0, 0.1) is 6.92 Å². The Kier molecular flexibility index (Phi) is 6.53. The smallest absolute Gasteiger partial charge is 0.336 e. The summed E-state index contributed by atoms with van der Waals surface area (Å²) in [6, 6.07) is 4.82. The number of fused-ring (bicyclic) bond motifs is 1. The Hall–Kier alpha value is -3.36. The Labute approximate surface area is 154 Å². The summed E-state index contributed by atoms with van der Waals surface area (Å²) in [5.41, 5.74) is 1.43. The maximum atomic E-state index is 11.9. The van der Waals surface area contributed by atoms with Gasteiger partial charge in [-0.3, -0.25) is 9.59 Å². The number of benzene rings is 1. The fourth-order valence-electron chi connectivity index (χ4n) is 2.47. The topological polar surface area (TPSA) is 138 Å². The number of aryl methyl sites for hydroxylation is 2. The van der Waals surface area contributed by atoms with Crippen LogP contribution in [0.2, 0.25) is 0 Å². The molecule has 2 rings (SSSR count). The van der Waals surface area contributed by atoms with Gasteiger partial charge in [-0.25, -0.2) is 4.79 Å². The van der Waals surface area contributed by atoms with Gasteiger partial charge in [0, 0.05) is 6.07 Å². The van der Waals surface area contributed by atoms with Gasteiger partial charge in [0.15, 0.2) is 6.61 Å². The highest BCUT2D eigenvalue weighted by Gasteiger charge is 2.13. The van der Waals surface area contributed by atoms with Crippen molar-refractivity contribution in [1.29, 1.82) is 0 Å². The van der Waals surface area contributed by atoms with Gasteiger partial charge in [0.1, 0.15) is 11.3 Å². The van der Waals surface area contributed by atoms with Gasteiger partial charge < -0.3 is 29.7 Å². The number of aliphatic carboxylic acids is 1. The quantitative estimate of drug-likeness (QED) is 0.566. The number of hydrogen-bond acceptors (Lipinski definition) is 7. The predicted octanol–water partition coefficient (Wildman–Crippen LogP) is -0.975. The van der Waals surface area contributed by atoms with E-state index in [0.29, 0.717) is 23.1 Å². The third-order valence-corrected chi connectivity index (χ3v) is 3.65. The molecule has 0 unspecified atom stereocenters. The van der Waals surface area contributed by atoms with Crippen molar-refractivity contribution in [3.05, 3.63) is 39.7 Å². The summed E-state index contributed by atoms with van der Waals surface area (Å²) in [5.74, 6) is -2.27. The summed E-state index contributed by atoms with van der Waals surface area (Å²) in [5, 5.41) is 15.2. The Morgan fingerprint density at radius 2 is 1.81 bits per heavy atom. The van der Waals surface area contributed by atoms with Gasteiger partial charge in [-0.1, -0.05) is 6.92 Å². The van der Waals surface area contributed by atoms with Crippen LogP contribution in [-0.2, 0) is 20.8 Å². The summed E-state index contributed by atoms with van der Waals surface area (Å²) in [7, 11) is 0. The number of carboxylic acid groups (broad SMARTS) is 1. The largest absolute Gasteiger partial charge is 0.548 e. The standard InChI is InChI=1S/C18H20N2O7/c1-3-11-6-17(25)27-13-5-10(2)4-12(18(11)13)26-9-15(22)19-7-14(21)20-8-16(23)24/h4-6H,3,7-9H2,1-2H3,(H,19,22)(H,20,21)(H,23,24)/p-1. The minimum atomic E-state index is -1.43. The number of nitrogens with one attached hydrogen (secondary N) is 2. The van der Waals surface area contributed by atoms with Crippen LogP contribution in [0.5, 0.6) is 5.75 Å². The van der Waals surface area contributed by atoms with Crippen LogP contribution < -0.4 is 26.1 Å². The molecule has 2 aromatic rings. The van der Waals surface area contributed by atoms with E-state index in [9.17, 15) is 24.3 Å². The lowest BCUT2D eigenvalue weighted by molar-refractivity contribution is -0.304. The number of ether oxygens (including phenoxy) is 1. The summed E-state index contributed by atoms with van der Waals surface area (Å²) in [6.07, 6.45) is 0.576. The maximum absolute atomic E-state index is 11.9. The Balaban J connectivity index is 2.06. The molecule has 1 heterocycles. The van der Waals surface area contributed by atoms with E-state index in [0.717, 1.165) is 11.1 Å². The molecule has 1 aromatic carbocycles. The van der Waals surface area contributed by atoms with Gasteiger partial charge in [0.05, 0.1) is 24.4 Å². The van der Waals surface area contributed by atoms with E-state index in [-0.39, 0.29) is 13.2 Å². The summed E-state index contributed by atoms with van der Waals surface area (Å²) >= 11 is 0. The molecule has 0 aliphatic heterocycles. The molecule has 0 atom stereocenters. The van der Waals surface area contributed by atoms with Crippen molar-refractivity contribution >= 4 is 28.8 Å². The molecular formula is C18H19N2O7-. The molecule has 2 N–H and O–H groups in total. The number of hydrogen-bond donors (Lipinski definition) is 2. The van der Waals surface area contributed by atoms with E-state index < -0.39 is 30.0 Å². The number of amides is 2. The van der Waals surface area contributed by atoms with Gasteiger partial charge in [0.2, 0.25) is 5.91 Å². The molecule has 9 heteroatoms. The Morgan fingerprint density at radius 1 is 1.11 bits per heavy atom. The van der Waals surface area contributed by atoms with Gasteiger partial charge in [-0.15, -0.1) is 0 Å². The van der Waals surface area contributed by atoms with Gasteiger partial charge in [-0.05, 0) is 36.6 Å². The lowest BCUT2D eigenvalue weighted by Crippen LogP contribution is -2.43. The molecule has 9 nitrogen and oxygen atoms in total. The fraction of sp³-hybridized carbons (Fsp3) is 0.333. The highest BCUT2D eigenvalue weighted by Crippen LogP contribution is 2.30. The van der Waals surface area contributed by atoms with Crippen molar-refractivity contribution in [3.63, 3.8) is 0 Å². The van der Waals surface area contributed by atoms with Gasteiger partial charge in [-0.2, -0.15) is 0 Å². The maximum Gasteiger partial charge on any atom is 0.336 e. The molecule has 0 fully saturated rings. The van der Waals surface area contributed by atoms with E-state index in [1.165, 1.54) is 6.07 Å². The predicted molar refractivity (Wildman–Crippen MR) is 93.1 cm³/mol. The van der Waals surface area contributed by atoms with Crippen LogP contribution in [0.1, 0.15) is 18.1 Å². The molecule has 27 heavy (non-hydrogen) atoms. The van der Waals surface area contributed by atoms with Crippen molar-refractivity contribution < 1.29 is 28.6 Å². The molecule has 0 aliphatic rings. The summed E-state index contributed by atoms with van der Waals surface area (Å²) in [4.78, 5) is 45.1. The second-order valence-electron chi connectivity index (χ2n) is 5.79. The highest BCUT2D eigenvalue weighted by molar-refractivity contribution is 5.89. The van der Waals surface area contributed by atoms with Crippen LogP contribution in [-0.4, -0.2) is 37.5 Å². The van der Waals surface area contributed by atoms with Gasteiger partial charge >= 0.3 is 5.63 Å². The monoisotopic (exact) mass is 375 g/mol. The minimum Gasteiger partial charge on any atom is -0.548 e. The van der Waals surface area contributed by atoms with E-state index in [1.54, 1.807) is 19.1 Å². The zero-order valence-corrected chi connectivity index (χ0v) is 14.9. The third kappa shape index (κ3) is 5.56. The minimum absolute atomic E-state index is 0.366. The van der Waals surface area contributed by atoms with E-state index in [1.807, 2.05) is 6.92 Å². The molecular weight excluding hydrogens is 356 g/mol. The fourth-order valence-corrected chi connectivity index (χ4v) is 2.47. The van der Waals surface area contributed by atoms with E-state index >= 15 is 0 Å². The molecule has 144 valence electrons. The van der Waals surface area contributed by atoms with Crippen molar-refractivity contribution in [1.82, 2.24) is 10.6 Å². The normalized spacial score (nSPS) is 10.4. The first-order valence-corrected chi connectivity index (χ1v) is 8.23. The average Bonchev–Trinajstić information content (AvgIpc) is 2.61. The van der Waals surface area contributed by atoms with E-state index in [4.69, 9.17) is 9.15 Å². The number of carboxylic acids is 1. The number of carbonyl (C=O) groups is 3. The first-order chi connectivity index (χ1) is 12.8. The van der Waals surface area contributed by atoms with Crippen LogP contribution in [0.4, 0.5) is 0 Å². The molecule has 0 bridgehead atoms. The first kappa shape index (κ1) is 20.0. The third-order valence-electron chi connectivity index (χ3n) is 3.65. The second-order valence-corrected chi connectivity index (χ2v) is 5.79. The van der Waals surface area contributed by atoms with Crippen molar-refractivity contribution in [3.8, 4) is 5.75 Å². The lowest BCUT2D eigenvalue weighted by atomic mass is 10.1. The molecule has 0 radical (unpaired) electrons. The van der Waals surface area contributed by atoms with Crippen molar-refractivity contribution in [2.45, 2.75) is 20.3 Å². The molecule has 0 saturated heterocycles. The molecule has 2 amide bonds. The van der Waals surface area contributed by atoms with E-state index in [2.05, 4.69) is 10.6 Å². The summed E-state index contributed by atoms with van der Waals surface area (Å²) in [6.45, 7) is 2.29. The zero-order valence-electron chi connectivity index (χ0n) is 14.9. The average molecular weight is 375 g/mol. The molecule has 0 spiro atoms. The number of carbonyl (C=O) groups excluding carboxylic acids is 3.